The molecule has 0 aromatic carbocycles. The van der Waals surface area contributed by atoms with Crippen molar-refractivity contribution in [2.24, 2.45) is 5.92 Å². The van der Waals surface area contributed by atoms with E-state index in [-0.39, 0.29) is 0 Å². The first-order valence-corrected chi connectivity index (χ1v) is 8.08. The Kier molecular flexibility index (Phi) is 3.95. The number of rotatable bonds is 2. The van der Waals surface area contributed by atoms with Crippen LogP contribution in [0, 0.1) is 5.92 Å². The predicted molar refractivity (Wildman–Crippen MR) is 72.8 cm³/mol. The van der Waals surface area contributed by atoms with Gasteiger partial charge in [0.15, 0.2) is 0 Å². The molecule has 0 N–H and O–H groups in total. The average Bonchev–Trinajstić information content (AvgIpc) is 2.66. The number of nitrogens with zero attached hydrogens (tertiary/aromatic N) is 1. The third-order valence-corrected chi connectivity index (χ3v) is 7.54. The molecular weight excluding hydrogens is 222 g/mol. The van der Waals surface area contributed by atoms with Crippen LogP contribution in [0.25, 0.3) is 0 Å². The highest BCUT2D eigenvalue weighted by molar-refractivity contribution is 8.21. The minimum Gasteiger partial charge on any atom is -0.306 e. The largest absolute Gasteiger partial charge is 0.306 e. The highest BCUT2D eigenvalue weighted by Crippen LogP contribution is 2.54. The summed E-state index contributed by atoms with van der Waals surface area (Å²) in [5.74, 6) is 3.69. The molecule has 2 unspecified atom stereocenters. The summed E-state index contributed by atoms with van der Waals surface area (Å²) in [5, 5.41) is 0. The van der Waals surface area contributed by atoms with Crippen LogP contribution < -0.4 is 0 Å². The summed E-state index contributed by atoms with van der Waals surface area (Å²) in [5.41, 5.74) is 0. The van der Waals surface area contributed by atoms with E-state index in [1.54, 1.807) is 0 Å². The van der Waals surface area contributed by atoms with Crippen molar-refractivity contribution in [3.8, 4) is 0 Å². The van der Waals surface area contributed by atoms with Gasteiger partial charge in [0.05, 0.1) is 4.08 Å². The van der Waals surface area contributed by atoms with Crippen LogP contribution >= 0.6 is 23.5 Å². The van der Waals surface area contributed by atoms with Crippen LogP contribution in [0.1, 0.15) is 32.6 Å². The van der Waals surface area contributed by atoms with Crippen molar-refractivity contribution in [2.75, 3.05) is 25.6 Å². The van der Waals surface area contributed by atoms with E-state index in [1.165, 1.54) is 37.2 Å². The lowest BCUT2D eigenvalue weighted by Gasteiger charge is -2.44. The molecule has 0 aromatic rings. The van der Waals surface area contributed by atoms with Crippen LogP contribution in [0.3, 0.4) is 0 Å². The number of hydrogen-bond donors (Lipinski definition) is 0. The standard InChI is InChI=1S/C12H23NS2/c1-4-10-5-6-12(14-7-8-15-12)9-11(10)13(2)3/h10-11H,4-9H2,1-3H3. The Balaban J connectivity index is 2.05. The molecule has 1 aliphatic heterocycles. The van der Waals surface area contributed by atoms with Crippen LogP contribution in [-0.2, 0) is 0 Å². The SMILES string of the molecule is CCC1CCC2(CC1N(C)C)SCCS2. The second kappa shape index (κ2) is 4.89. The zero-order valence-corrected chi connectivity index (χ0v) is 11.8. The molecule has 1 spiro atoms. The van der Waals surface area contributed by atoms with E-state index in [0.717, 1.165) is 12.0 Å². The smallest absolute Gasteiger partial charge is 0.0626 e. The molecule has 0 amide bonds. The second-order valence-corrected chi connectivity index (χ2v) is 8.26. The van der Waals surface area contributed by atoms with E-state index >= 15 is 0 Å². The van der Waals surface area contributed by atoms with Crippen LogP contribution in [-0.4, -0.2) is 40.6 Å². The van der Waals surface area contributed by atoms with Crippen LogP contribution in [0.5, 0.6) is 0 Å². The zero-order valence-electron chi connectivity index (χ0n) is 10.2. The van der Waals surface area contributed by atoms with Crippen molar-refractivity contribution in [1.82, 2.24) is 4.90 Å². The van der Waals surface area contributed by atoms with E-state index in [1.807, 2.05) is 0 Å². The zero-order chi connectivity index (χ0) is 10.9. The number of thioether (sulfide) groups is 2. The molecule has 0 radical (unpaired) electrons. The Morgan fingerprint density at radius 2 is 1.93 bits per heavy atom. The van der Waals surface area contributed by atoms with Gasteiger partial charge in [-0.2, -0.15) is 0 Å². The molecule has 2 fully saturated rings. The van der Waals surface area contributed by atoms with Crippen LogP contribution in [0.4, 0.5) is 0 Å². The topological polar surface area (TPSA) is 3.24 Å². The van der Waals surface area contributed by atoms with Crippen molar-refractivity contribution in [2.45, 2.75) is 42.7 Å². The molecule has 88 valence electrons. The lowest BCUT2D eigenvalue weighted by molar-refractivity contribution is 0.150. The fraction of sp³-hybridized carbons (Fsp3) is 1.00. The average molecular weight is 245 g/mol. The van der Waals surface area contributed by atoms with Gasteiger partial charge in [-0.05, 0) is 39.3 Å². The van der Waals surface area contributed by atoms with Gasteiger partial charge in [-0.1, -0.05) is 13.3 Å². The van der Waals surface area contributed by atoms with Crippen molar-refractivity contribution in [3.05, 3.63) is 0 Å². The lowest BCUT2D eigenvalue weighted by atomic mass is 9.81. The molecule has 2 aliphatic rings. The van der Waals surface area contributed by atoms with Crippen molar-refractivity contribution < 1.29 is 0 Å². The monoisotopic (exact) mass is 245 g/mol. The van der Waals surface area contributed by atoms with Gasteiger partial charge in [-0.3, -0.25) is 0 Å². The van der Waals surface area contributed by atoms with E-state index in [2.05, 4.69) is 49.4 Å². The Morgan fingerprint density at radius 1 is 1.27 bits per heavy atom. The van der Waals surface area contributed by atoms with Crippen molar-refractivity contribution >= 4 is 23.5 Å². The summed E-state index contributed by atoms with van der Waals surface area (Å²) in [7, 11) is 4.52. The maximum absolute atomic E-state index is 2.47. The van der Waals surface area contributed by atoms with Gasteiger partial charge < -0.3 is 4.90 Å². The molecule has 1 aliphatic carbocycles. The number of hydrogen-bond acceptors (Lipinski definition) is 3. The van der Waals surface area contributed by atoms with Gasteiger partial charge in [-0.25, -0.2) is 0 Å². The molecule has 3 heteroatoms. The van der Waals surface area contributed by atoms with Gasteiger partial charge in [0.25, 0.3) is 0 Å². The fourth-order valence-electron chi connectivity index (χ4n) is 3.02. The Morgan fingerprint density at radius 3 is 2.47 bits per heavy atom. The second-order valence-electron chi connectivity index (χ2n) is 5.05. The minimum absolute atomic E-state index is 0.598. The van der Waals surface area contributed by atoms with E-state index < -0.39 is 0 Å². The Labute approximate surface area is 103 Å². The predicted octanol–water partition coefficient (Wildman–Crippen LogP) is 3.30. The molecule has 15 heavy (non-hydrogen) atoms. The molecule has 2 atom stereocenters. The summed E-state index contributed by atoms with van der Waals surface area (Å²) in [4.78, 5) is 2.47. The summed E-state index contributed by atoms with van der Waals surface area (Å²) in [6.07, 6.45) is 5.66. The highest BCUT2D eigenvalue weighted by atomic mass is 32.2. The van der Waals surface area contributed by atoms with Gasteiger partial charge >= 0.3 is 0 Å². The first-order valence-electron chi connectivity index (χ1n) is 6.11. The Bertz CT molecular complexity index is 212. The van der Waals surface area contributed by atoms with E-state index in [4.69, 9.17) is 0 Å². The van der Waals surface area contributed by atoms with Crippen LogP contribution in [0.2, 0.25) is 0 Å². The first-order chi connectivity index (χ1) is 7.17. The first kappa shape index (κ1) is 12.1. The molecule has 1 saturated heterocycles. The van der Waals surface area contributed by atoms with Crippen LogP contribution in [0.15, 0.2) is 0 Å². The maximum Gasteiger partial charge on any atom is 0.0626 e. The molecule has 1 saturated carbocycles. The molecule has 2 rings (SSSR count). The maximum atomic E-state index is 2.47. The quantitative estimate of drug-likeness (QED) is 0.735. The van der Waals surface area contributed by atoms with E-state index in [0.29, 0.717) is 4.08 Å². The van der Waals surface area contributed by atoms with Gasteiger partial charge in [-0.15, -0.1) is 23.5 Å². The fourth-order valence-corrected chi connectivity index (χ4v) is 6.37. The Hall–Kier alpha value is 0.660. The third-order valence-electron chi connectivity index (χ3n) is 3.96. The summed E-state index contributed by atoms with van der Waals surface area (Å²) < 4.78 is 0.598. The molecule has 1 heterocycles. The minimum atomic E-state index is 0.598. The van der Waals surface area contributed by atoms with Crippen molar-refractivity contribution in [3.63, 3.8) is 0 Å². The normalized spacial score (nSPS) is 35.2. The molecule has 0 bridgehead atoms. The van der Waals surface area contributed by atoms with Crippen molar-refractivity contribution in [1.29, 1.82) is 0 Å². The van der Waals surface area contributed by atoms with E-state index in [9.17, 15) is 0 Å². The van der Waals surface area contributed by atoms with Gasteiger partial charge in [0, 0.05) is 17.5 Å². The molecule has 0 aromatic heterocycles. The van der Waals surface area contributed by atoms with Gasteiger partial charge in [0.1, 0.15) is 0 Å². The lowest BCUT2D eigenvalue weighted by Crippen LogP contribution is -2.44. The molecular formula is C12H23NS2. The summed E-state index contributed by atoms with van der Waals surface area (Å²) >= 11 is 4.47. The summed E-state index contributed by atoms with van der Waals surface area (Å²) in [6, 6.07) is 0.821. The highest BCUT2D eigenvalue weighted by Gasteiger charge is 2.43. The molecule has 1 nitrogen and oxygen atoms in total. The van der Waals surface area contributed by atoms with Gasteiger partial charge in [0.2, 0.25) is 0 Å². The summed E-state index contributed by atoms with van der Waals surface area (Å²) in [6.45, 7) is 2.36. The third kappa shape index (κ3) is 2.50.